The van der Waals surface area contributed by atoms with Crippen LogP contribution in [0.1, 0.15) is 46.0 Å². The molecule has 3 aromatic rings. The molecule has 0 heterocycles. The molecule has 0 radical (unpaired) electrons. The zero-order chi connectivity index (χ0) is 23.8. The highest BCUT2D eigenvalue weighted by Gasteiger charge is 2.19. The zero-order valence-corrected chi connectivity index (χ0v) is 19.4. The minimum atomic E-state index is -0.161. The Morgan fingerprint density at radius 3 is 2.27 bits per heavy atom. The highest BCUT2D eigenvalue weighted by molar-refractivity contribution is 6.06. The van der Waals surface area contributed by atoms with E-state index in [0.29, 0.717) is 17.7 Å². The number of carbonyl (C=O) groups is 2. The van der Waals surface area contributed by atoms with E-state index >= 15 is 0 Å². The molecule has 0 N–H and O–H groups in total. The van der Waals surface area contributed by atoms with Gasteiger partial charge in [-0.2, -0.15) is 5.26 Å². The van der Waals surface area contributed by atoms with Crippen molar-refractivity contribution in [3.63, 3.8) is 0 Å². The van der Waals surface area contributed by atoms with Crippen molar-refractivity contribution in [2.24, 2.45) is 0 Å². The van der Waals surface area contributed by atoms with Crippen LogP contribution >= 0.6 is 0 Å². The highest BCUT2D eigenvalue weighted by atomic mass is 16.2. The Balaban J connectivity index is 1.92. The Bertz CT molecular complexity index is 1150. The number of benzene rings is 3. The van der Waals surface area contributed by atoms with E-state index in [2.05, 4.69) is 6.07 Å². The molecule has 5 nitrogen and oxygen atoms in total. The minimum absolute atomic E-state index is 0.0532. The topological polar surface area (TPSA) is 64.4 Å². The largest absolute Gasteiger partial charge is 0.345 e. The van der Waals surface area contributed by atoms with Crippen LogP contribution in [0.5, 0.6) is 0 Å². The number of nitrogens with zero attached hydrogens (tertiary/aromatic N) is 3. The number of likely N-dealkylation sites (N-methyl/N-ethyl adjacent to an activating group) is 1. The molecule has 0 bridgehead atoms. The number of anilines is 1. The van der Waals surface area contributed by atoms with Gasteiger partial charge in [0.1, 0.15) is 0 Å². The van der Waals surface area contributed by atoms with Crippen molar-refractivity contribution >= 4 is 17.5 Å². The predicted octanol–water partition coefficient (Wildman–Crippen LogP) is 5.12. The molecule has 0 aromatic heterocycles. The third-order valence-electron chi connectivity index (χ3n) is 5.53. The lowest BCUT2D eigenvalue weighted by Gasteiger charge is -2.24. The summed E-state index contributed by atoms with van der Waals surface area (Å²) in [6.07, 6.45) is 1.19. The number of hydrogen-bond acceptors (Lipinski definition) is 3. The molecule has 0 unspecified atom stereocenters. The normalized spacial score (nSPS) is 10.4. The average molecular weight is 440 g/mol. The van der Waals surface area contributed by atoms with Crippen LogP contribution in [0.2, 0.25) is 0 Å². The molecule has 33 heavy (non-hydrogen) atoms. The van der Waals surface area contributed by atoms with Gasteiger partial charge in [0.2, 0.25) is 5.91 Å². The Hall–Kier alpha value is -3.91. The fourth-order valence-electron chi connectivity index (χ4n) is 3.60. The number of amides is 2. The van der Waals surface area contributed by atoms with Gasteiger partial charge >= 0.3 is 0 Å². The van der Waals surface area contributed by atoms with E-state index in [1.54, 1.807) is 34.1 Å². The van der Waals surface area contributed by atoms with Gasteiger partial charge in [-0.05, 0) is 60.9 Å². The van der Waals surface area contributed by atoms with Gasteiger partial charge in [0.15, 0.2) is 0 Å². The standard InChI is InChI=1S/C28H29N3O2/c1-4-16-30(3)27(32)18-24-6-5-7-26(17-24)31(20-23-10-8-21(2)9-11-23)28(33)25-14-12-22(19-29)13-15-25/h5-15,17H,4,16,18,20H2,1-3H3. The Labute approximate surface area is 195 Å². The van der Waals surface area contributed by atoms with Gasteiger partial charge in [-0.25, -0.2) is 0 Å². The maximum atomic E-state index is 13.5. The lowest BCUT2D eigenvalue weighted by atomic mass is 10.1. The first-order valence-corrected chi connectivity index (χ1v) is 11.1. The molecule has 3 rings (SSSR count). The molecule has 3 aromatic carbocycles. The third-order valence-corrected chi connectivity index (χ3v) is 5.53. The van der Waals surface area contributed by atoms with Crippen LogP contribution in [0.3, 0.4) is 0 Å². The molecule has 2 amide bonds. The summed E-state index contributed by atoms with van der Waals surface area (Å²) < 4.78 is 0. The molecule has 0 saturated carbocycles. The minimum Gasteiger partial charge on any atom is -0.345 e. The first-order valence-electron chi connectivity index (χ1n) is 11.1. The van der Waals surface area contributed by atoms with Crippen molar-refractivity contribution < 1.29 is 9.59 Å². The van der Waals surface area contributed by atoms with Crippen LogP contribution in [0, 0.1) is 18.3 Å². The fraction of sp³-hybridized carbons (Fsp3) is 0.250. The van der Waals surface area contributed by atoms with Crippen molar-refractivity contribution in [3.05, 3.63) is 101 Å². The van der Waals surface area contributed by atoms with E-state index in [1.165, 1.54) is 0 Å². The molecule has 0 atom stereocenters. The van der Waals surface area contributed by atoms with Crippen molar-refractivity contribution in [1.29, 1.82) is 5.26 Å². The molecule has 0 saturated heterocycles. The summed E-state index contributed by atoms with van der Waals surface area (Å²) in [4.78, 5) is 29.5. The summed E-state index contributed by atoms with van der Waals surface area (Å²) in [5.74, 6) is -0.107. The van der Waals surface area contributed by atoms with E-state index < -0.39 is 0 Å². The van der Waals surface area contributed by atoms with Gasteiger partial charge in [0.05, 0.1) is 24.6 Å². The molecule has 168 valence electrons. The SMILES string of the molecule is CCCN(C)C(=O)Cc1cccc(N(Cc2ccc(C)cc2)C(=O)c2ccc(C#N)cc2)c1. The van der Waals surface area contributed by atoms with Crippen LogP contribution in [-0.4, -0.2) is 30.3 Å². The third kappa shape index (κ3) is 6.30. The van der Waals surface area contributed by atoms with Crippen LogP contribution < -0.4 is 4.90 Å². The summed E-state index contributed by atoms with van der Waals surface area (Å²) >= 11 is 0. The second kappa shape index (κ2) is 11.1. The zero-order valence-electron chi connectivity index (χ0n) is 19.4. The summed E-state index contributed by atoms with van der Waals surface area (Å²) in [6.45, 7) is 5.18. The van der Waals surface area contributed by atoms with Crippen molar-refractivity contribution in [1.82, 2.24) is 4.90 Å². The number of hydrogen-bond donors (Lipinski definition) is 0. The summed E-state index contributed by atoms with van der Waals surface area (Å²) in [7, 11) is 1.81. The number of carbonyl (C=O) groups excluding carboxylic acids is 2. The van der Waals surface area contributed by atoms with Gasteiger partial charge in [-0.15, -0.1) is 0 Å². The second-order valence-corrected chi connectivity index (χ2v) is 8.23. The Morgan fingerprint density at radius 2 is 1.64 bits per heavy atom. The molecule has 5 heteroatoms. The van der Waals surface area contributed by atoms with Crippen LogP contribution in [-0.2, 0) is 17.8 Å². The van der Waals surface area contributed by atoms with Crippen molar-refractivity contribution in [2.45, 2.75) is 33.2 Å². The molecule has 0 aliphatic heterocycles. The fourth-order valence-corrected chi connectivity index (χ4v) is 3.60. The van der Waals surface area contributed by atoms with Crippen molar-refractivity contribution in [3.8, 4) is 6.07 Å². The first-order chi connectivity index (χ1) is 15.9. The summed E-state index contributed by atoms with van der Waals surface area (Å²) in [5, 5.41) is 9.07. The van der Waals surface area contributed by atoms with E-state index in [4.69, 9.17) is 5.26 Å². The van der Waals surface area contributed by atoms with E-state index in [-0.39, 0.29) is 18.2 Å². The van der Waals surface area contributed by atoms with E-state index in [0.717, 1.165) is 35.3 Å². The van der Waals surface area contributed by atoms with E-state index in [9.17, 15) is 9.59 Å². The maximum absolute atomic E-state index is 13.5. The smallest absolute Gasteiger partial charge is 0.258 e. The summed E-state index contributed by atoms with van der Waals surface area (Å²) in [5.41, 5.74) is 4.76. The number of rotatable bonds is 8. The lowest BCUT2D eigenvalue weighted by Crippen LogP contribution is -2.31. The molecule has 0 fully saturated rings. The maximum Gasteiger partial charge on any atom is 0.258 e. The molecular formula is C28H29N3O2. The van der Waals surface area contributed by atoms with Gasteiger partial charge in [0, 0.05) is 24.8 Å². The predicted molar refractivity (Wildman–Crippen MR) is 131 cm³/mol. The van der Waals surface area contributed by atoms with Gasteiger partial charge in [-0.1, -0.05) is 48.9 Å². The summed E-state index contributed by atoms with van der Waals surface area (Å²) in [6, 6.07) is 24.4. The Morgan fingerprint density at radius 1 is 0.939 bits per heavy atom. The number of nitriles is 1. The monoisotopic (exact) mass is 439 g/mol. The highest BCUT2D eigenvalue weighted by Crippen LogP contribution is 2.23. The lowest BCUT2D eigenvalue weighted by molar-refractivity contribution is -0.129. The molecule has 0 aliphatic carbocycles. The van der Waals surface area contributed by atoms with Crippen LogP contribution in [0.15, 0.2) is 72.8 Å². The quantitative estimate of drug-likeness (QED) is 0.489. The Kier molecular flexibility index (Phi) is 7.99. The van der Waals surface area contributed by atoms with Gasteiger partial charge < -0.3 is 9.80 Å². The molecule has 0 spiro atoms. The van der Waals surface area contributed by atoms with Crippen LogP contribution in [0.25, 0.3) is 0 Å². The number of aryl methyl sites for hydroxylation is 1. The van der Waals surface area contributed by atoms with Gasteiger partial charge in [0.25, 0.3) is 5.91 Å². The average Bonchev–Trinajstić information content (AvgIpc) is 2.83. The van der Waals surface area contributed by atoms with E-state index in [1.807, 2.05) is 69.4 Å². The van der Waals surface area contributed by atoms with Gasteiger partial charge in [-0.3, -0.25) is 9.59 Å². The molecular weight excluding hydrogens is 410 g/mol. The first kappa shape index (κ1) is 23.7. The van der Waals surface area contributed by atoms with Crippen molar-refractivity contribution in [2.75, 3.05) is 18.5 Å². The molecule has 0 aliphatic rings. The second-order valence-electron chi connectivity index (χ2n) is 8.23. The van der Waals surface area contributed by atoms with Crippen LogP contribution in [0.4, 0.5) is 5.69 Å².